The smallest absolute Gasteiger partial charge is 0.341 e. The molecule has 2 aliphatic rings. The number of amides is 2. The van der Waals surface area contributed by atoms with E-state index in [1.54, 1.807) is 11.3 Å². The van der Waals surface area contributed by atoms with Crippen LogP contribution in [0.25, 0.3) is 0 Å². The van der Waals surface area contributed by atoms with E-state index in [0.29, 0.717) is 23.1 Å². The van der Waals surface area contributed by atoms with Crippen molar-refractivity contribution in [3.63, 3.8) is 0 Å². The number of rotatable bonds is 5. The zero-order chi connectivity index (χ0) is 18.5. The third-order valence-electron chi connectivity index (χ3n) is 5.59. The van der Waals surface area contributed by atoms with E-state index >= 15 is 0 Å². The Bertz CT molecular complexity index is 650. The number of ether oxygens (including phenoxy) is 1. The summed E-state index contributed by atoms with van der Waals surface area (Å²) in [7, 11) is 0. The van der Waals surface area contributed by atoms with Gasteiger partial charge in [-0.15, -0.1) is 11.3 Å². The first-order chi connectivity index (χ1) is 12.6. The molecule has 0 spiro atoms. The summed E-state index contributed by atoms with van der Waals surface area (Å²) in [6, 6.07) is 0.0435. The molecule has 2 aliphatic carbocycles. The third kappa shape index (κ3) is 4.40. The summed E-state index contributed by atoms with van der Waals surface area (Å²) in [5.74, 6) is 0.355. The number of carbonyl (C=O) groups is 2. The summed E-state index contributed by atoms with van der Waals surface area (Å²) < 4.78 is 5.27. The van der Waals surface area contributed by atoms with E-state index in [2.05, 4.69) is 17.6 Å². The van der Waals surface area contributed by atoms with Crippen LogP contribution in [-0.4, -0.2) is 24.6 Å². The van der Waals surface area contributed by atoms with Gasteiger partial charge in [-0.2, -0.15) is 0 Å². The number of hydrogen-bond donors (Lipinski definition) is 2. The van der Waals surface area contributed by atoms with Gasteiger partial charge in [0.15, 0.2) is 0 Å². The number of hydrogen-bond acceptors (Lipinski definition) is 4. The molecule has 2 N–H and O–H groups in total. The lowest BCUT2D eigenvalue weighted by Crippen LogP contribution is -2.39. The monoisotopic (exact) mass is 378 g/mol. The second kappa shape index (κ2) is 8.89. The second-order valence-electron chi connectivity index (χ2n) is 7.38. The number of carbonyl (C=O) groups excluding carboxylic acids is 2. The Morgan fingerprint density at radius 3 is 2.62 bits per heavy atom. The molecule has 3 rings (SSSR count). The van der Waals surface area contributed by atoms with Crippen LogP contribution in [0, 0.1) is 5.92 Å². The maximum absolute atomic E-state index is 12.5. The molecule has 1 heterocycles. The van der Waals surface area contributed by atoms with E-state index in [1.807, 2.05) is 6.92 Å². The molecule has 26 heavy (non-hydrogen) atoms. The van der Waals surface area contributed by atoms with Crippen LogP contribution in [0.4, 0.5) is 9.80 Å². The van der Waals surface area contributed by atoms with Crippen molar-refractivity contribution in [3.8, 4) is 0 Å². The number of thiophene rings is 1. The molecule has 1 saturated carbocycles. The first-order valence-electron chi connectivity index (χ1n) is 10.0. The topological polar surface area (TPSA) is 67.4 Å². The zero-order valence-electron chi connectivity index (χ0n) is 15.9. The number of fused-ring (bicyclic) bond motifs is 1. The normalized spacial score (nSPS) is 20.3. The van der Waals surface area contributed by atoms with Crippen LogP contribution < -0.4 is 10.6 Å². The molecule has 6 heteroatoms. The molecule has 1 aromatic rings. The molecule has 0 radical (unpaired) electrons. The van der Waals surface area contributed by atoms with Gasteiger partial charge in [-0.3, -0.25) is 5.32 Å². The first-order valence-corrected chi connectivity index (χ1v) is 10.8. The van der Waals surface area contributed by atoms with Crippen molar-refractivity contribution in [1.82, 2.24) is 5.32 Å². The van der Waals surface area contributed by atoms with Crippen LogP contribution in [0.5, 0.6) is 0 Å². The van der Waals surface area contributed by atoms with Crippen LogP contribution in [0.2, 0.25) is 0 Å². The molecule has 0 aromatic carbocycles. The second-order valence-corrected chi connectivity index (χ2v) is 8.48. The number of anilines is 1. The predicted molar refractivity (Wildman–Crippen MR) is 105 cm³/mol. The Labute approximate surface area is 159 Å². The van der Waals surface area contributed by atoms with E-state index in [-0.39, 0.29) is 18.0 Å². The van der Waals surface area contributed by atoms with E-state index in [1.165, 1.54) is 24.1 Å². The van der Waals surface area contributed by atoms with Gasteiger partial charge in [0.1, 0.15) is 5.00 Å². The Kier molecular flexibility index (Phi) is 6.57. The van der Waals surface area contributed by atoms with Crippen molar-refractivity contribution in [2.24, 2.45) is 5.92 Å². The van der Waals surface area contributed by atoms with E-state index < -0.39 is 0 Å². The lowest BCUT2D eigenvalue weighted by molar-refractivity contribution is 0.0526. The van der Waals surface area contributed by atoms with E-state index in [0.717, 1.165) is 44.1 Å². The van der Waals surface area contributed by atoms with Crippen LogP contribution in [-0.2, 0) is 17.6 Å². The molecule has 144 valence electrons. The van der Waals surface area contributed by atoms with E-state index in [9.17, 15) is 9.59 Å². The average molecular weight is 379 g/mol. The summed E-state index contributed by atoms with van der Waals surface area (Å²) in [4.78, 5) is 26.2. The highest BCUT2D eigenvalue weighted by Gasteiger charge is 2.30. The molecule has 1 fully saturated rings. The Morgan fingerprint density at radius 1 is 1.15 bits per heavy atom. The fourth-order valence-corrected chi connectivity index (χ4v) is 5.43. The summed E-state index contributed by atoms with van der Waals surface area (Å²) in [5, 5.41) is 6.68. The summed E-state index contributed by atoms with van der Waals surface area (Å²) in [6.07, 6.45) is 9.81. The van der Waals surface area contributed by atoms with Crippen LogP contribution in [0.3, 0.4) is 0 Å². The van der Waals surface area contributed by atoms with Crippen molar-refractivity contribution in [2.45, 2.75) is 77.7 Å². The standard InChI is InChI=1S/C20H30N2O3S/c1-3-13-10-11-15-16(12-13)26-18(17(15)19(23)25-4-2)22-20(24)21-14-8-6-5-7-9-14/h13-14H,3-12H2,1-2H3,(H2,21,22,24)/t13-/m0/s1. The van der Waals surface area contributed by atoms with Crippen LogP contribution in [0.1, 0.15) is 79.6 Å². The molecule has 0 unspecified atom stereocenters. The number of urea groups is 1. The summed E-state index contributed by atoms with van der Waals surface area (Å²) >= 11 is 1.55. The summed E-state index contributed by atoms with van der Waals surface area (Å²) in [6.45, 7) is 4.37. The SMILES string of the molecule is CCOC(=O)c1c(NC(=O)NC2CCCCC2)sc2c1CC[C@H](CC)C2. The minimum absolute atomic E-state index is 0.201. The van der Waals surface area contributed by atoms with Gasteiger partial charge in [0.2, 0.25) is 0 Å². The van der Waals surface area contributed by atoms with Crippen LogP contribution >= 0.6 is 11.3 Å². The van der Waals surface area contributed by atoms with Crippen molar-refractivity contribution < 1.29 is 14.3 Å². The fraction of sp³-hybridized carbons (Fsp3) is 0.700. The molecule has 1 atom stereocenters. The zero-order valence-corrected chi connectivity index (χ0v) is 16.7. The lowest BCUT2D eigenvalue weighted by Gasteiger charge is -2.22. The predicted octanol–water partition coefficient (Wildman–Crippen LogP) is 4.89. The maximum Gasteiger partial charge on any atom is 0.341 e. The fourth-order valence-electron chi connectivity index (χ4n) is 4.08. The molecular formula is C20H30N2O3S. The van der Waals surface area contributed by atoms with Crippen LogP contribution in [0.15, 0.2) is 0 Å². The number of esters is 1. The van der Waals surface area contributed by atoms with Gasteiger partial charge in [0.25, 0.3) is 0 Å². The van der Waals surface area contributed by atoms with Gasteiger partial charge in [-0.25, -0.2) is 9.59 Å². The highest BCUT2D eigenvalue weighted by molar-refractivity contribution is 7.17. The van der Waals surface area contributed by atoms with Crippen molar-refractivity contribution in [3.05, 3.63) is 16.0 Å². The average Bonchev–Trinajstić information content (AvgIpc) is 2.99. The Morgan fingerprint density at radius 2 is 1.92 bits per heavy atom. The van der Waals surface area contributed by atoms with E-state index in [4.69, 9.17) is 4.74 Å². The minimum atomic E-state index is -0.312. The number of nitrogens with one attached hydrogen (secondary N) is 2. The van der Waals surface area contributed by atoms with Gasteiger partial charge < -0.3 is 10.1 Å². The molecular weight excluding hydrogens is 348 g/mol. The quantitative estimate of drug-likeness (QED) is 0.717. The minimum Gasteiger partial charge on any atom is -0.462 e. The van der Waals surface area contributed by atoms with Gasteiger partial charge in [-0.1, -0.05) is 32.6 Å². The molecule has 0 bridgehead atoms. The highest BCUT2D eigenvalue weighted by Crippen LogP contribution is 2.40. The van der Waals surface area contributed by atoms with Gasteiger partial charge in [0.05, 0.1) is 12.2 Å². The lowest BCUT2D eigenvalue weighted by atomic mass is 9.86. The molecule has 2 amide bonds. The largest absolute Gasteiger partial charge is 0.462 e. The van der Waals surface area contributed by atoms with Crippen molar-refractivity contribution in [1.29, 1.82) is 0 Å². The van der Waals surface area contributed by atoms with Gasteiger partial charge >= 0.3 is 12.0 Å². The molecule has 0 aliphatic heterocycles. The van der Waals surface area contributed by atoms with Gasteiger partial charge in [0, 0.05) is 10.9 Å². The third-order valence-corrected chi connectivity index (χ3v) is 6.76. The molecule has 5 nitrogen and oxygen atoms in total. The van der Waals surface area contributed by atoms with Gasteiger partial charge in [-0.05, 0) is 50.5 Å². The molecule has 1 aromatic heterocycles. The maximum atomic E-state index is 12.5. The Hall–Kier alpha value is -1.56. The summed E-state index contributed by atoms with van der Waals surface area (Å²) in [5.41, 5.74) is 1.67. The molecule has 0 saturated heterocycles. The van der Waals surface area contributed by atoms with Crippen molar-refractivity contribution >= 4 is 28.3 Å². The highest BCUT2D eigenvalue weighted by atomic mass is 32.1. The first kappa shape index (κ1) is 19.2. The van der Waals surface area contributed by atoms with Crippen molar-refractivity contribution in [2.75, 3.05) is 11.9 Å². The Balaban J connectivity index is 1.77.